The van der Waals surface area contributed by atoms with Crippen molar-refractivity contribution in [3.8, 4) is 0 Å². The minimum absolute atomic E-state index is 0. The van der Waals surface area contributed by atoms with Crippen LogP contribution in [0.5, 0.6) is 0 Å². The van der Waals surface area contributed by atoms with Gasteiger partial charge in [-0.15, -0.1) is 0 Å². The molecule has 5 saturated heterocycles. The largest absolute Gasteiger partial charge is 1.00 e. The monoisotopic (exact) mass is 947 g/mol. The van der Waals surface area contributed by atoms with Crippen molar-refractivity contribution in [1.29, 1.82) is 0 Å². The number of carbonyl (C=O) groups is 6. The molecule has 8 N–H and O–H groups in total. The third-order valence-corrected chi connectivity index (χ3v) is 14.0. The van der Waals surface area contributed by atoms with E-state index in [1.54, 1.807) is 53.4 Å². The van der Waals surface area contributed by atoms with Gasteiger partial charge in [-0.3, -0.25) is 25.0 Å². The van der Waals surface area contributed by atoms with E-state index >= 15 is 0 Å². The van der Waals surface area contributed by atoms with E-state index in [2.05, 4.69) is 21.3 Å². The molecule has 5 aliphatic rings. The Kier molecular flexibility index (Phi) is 20.0. The van der Waals surface area contributed by atoms with Gasteiger partial charge in [0.25, 0.3) is 0 Å². The summed E-state index contributed by atoms with van der Waals surface area (Å²) in [6, 6.07) is -1.67. The van der Waals surface area contributed by atoms with Crippen molar-refractivity contribution >= 4 is 50.2 Å². The fourth-order valence-corrected chi connectivity index (χ4v) is 10.1. The molecule has 24 heteroatoms. The minimum atomic E-state index is -1.45. The van der Waals surface area contributed by atoms with E-state index in [4.69, 9.17) is 33.6 Å². The van der Waals surface area contributed by atoms with Crippen molar-refractivity contribution in [3.05, 3.63) is 0 Å². The average Bonchev–Trinajstić information content (AvgIpc) is 3.90. The topological polar surface area (TPSA) is 294 Å². The first-order valence-corrected chi connectivity index (χ1v) is 22.9. The van der Waals surface area contributed by atoms with Gasteiger partial charge in [0, 0.05) is 23.9 Å². The number of amides is 4. The molecule has 0 unspecified atom stereocenters. The second kappa shape index (κ2) is 22.3. The molecule has 5 aliphatic heterocycles. The normalized spacial score (nSPS) is 27.7. The van der Waals surface area contributed by atoms with E-state index in [0.29, 0.717) is 51.6 Å². The number of alkyl carbamates (subject to hydrolysis) is 2. The molecular weight excluding hydrogens is 869 g/mol. The summed E-state index contributed by atoms with van der Waals surface area (Å²) < 4.78 is 28.0. The van der Waals surface area contributed by atoms with E-state index < -0.39 is 81.7 Å². The van der Waals surface area contributed by atoms with Crippen molar-refractivity contribution in [2.24, 2.45) is 10.8 Å². The summed E-state index contributed by atoms with van der Waals surface area (Å²) >= 11 is 0. The predicted octanol–water partition coefficient (Wildman–Crippen LogP) is -0.869. The molecular formula is C43H77B2LiN6O15. The molecule has 21 nitrogen and oxygen atoms in total. The van der Waals surface area contributed by atoms with Crippen LogP contribution in [0.3, 0.4) is 0 Å². The number of ether oxygens (including phenoxy) is 3. The van der Waals surface area contributed by atoms with Crippen molar-refractivity contribution in [2.75, 3.05) is 46.4 Å². The molecule has 4 amide bonds. The smallest absolute Gasteiger partial charge is 0.870 e. The van der Waals surface area contributed by atoms with Crippen molar-refractivity contribution < 1.29 is 91.8 Å². The Morgan fingerprint density at radius 2 is 1.13 bits per heavy atom. The zero-order chi connectivity index (χ0) is 49.2. The Morgan fingerprint density at radius 3 is 1.54 bits per heavy atom. The number of carboxylic acid groups (broad SMARTS) is 1. The molecule has 0 aromatic rings. The Bertz CT molecular complexity index is 1770. The van der Waals surface area contributed by atoms with Crippen LogP contribution < -0.4 is 40.1 Å². The average molecular weight is 947 g/mol. The molecule has 0 aromatic carbocycles. The Hall–Kier alpha value is -3.13. The van der Waals surface area contributed by atoms with E-state index in [0.717, 1.165) is 12.8 Å². The summed E-state index contributed by atoms with van der Waals surface area (Å²) in [5.41, 5.74) is -5.61. The molecule has 376 valence electrons. The van der Waals surface area contributed by atoms with Gasteiger partial charge in [0.05, 0.1) is 31.4 Å². The van der Waals surface area contributed by atoms with Crippen molar-refractivity contribution in [1.82, 2.24) is 31.1 Å². The Balaban J connectivity index is 0.000000457. The summed E-state index contributed by atoms with van der Waals surface area (Å²) in [5.74, 6) is -2.03. The number of carboxylic acids is 1. The number of rotatable bonds is 14. The molecule has 5 rings (SSSR count). The first-order valence-electron chi connectivity index (χ1n) is 22.9. The van der Waals surface area contributed by atoms with Crippen LogP contribution in [0.25, 0.3) is 0 Å². The molecule has 0 saturated carbocycles. The number of nitrogens with one attached hydrogen (secondary N) is 4. The number of hydrogen-bond donors (Lipinski definition) is 7. The van der Waals surface area contributed by atoms with Gasteiger partial charge in [0.15, 0.2) is 0 Å². The van der Waals surface area contributed by atoms with E-state index in [-0.39, 0.29) is 75.2 Å². The SMILES string of the molecule is COC(=O)[C@]12CN(C(=O)[C@H](C)NC(=O)OC(C)(C)C)C[C@@]1(CCCB1OC(C)(C)C(C)(C)O1)CCN2.C[C@H](NC(=O)OC(C)(C)C)C(=O)N1C[C@@]2(CCCB(O)O)CCN[C@@]2(C(=O)O)C1.[Li+].[OH-]. The summed E-state index contributed by atoms with van der Waals surface area (Å²) in [4.78, 5) is 78.9. The number of carbonyl (C=O) groups excluding carboxylic acids is 5. The van der Waals surface area contributed by atoms with Gasteiger partial charge in [-0.1, -0.05) is 12.8 Å². The first kappa shape index (κ1) is 60.0. The molecule has 0 aliphatic carbocycles. The second-order valence-electron chi connectivity index (χ2n) is 21.6. The third-order valence-electron chi connectivity index (χ3n) is 14.0. The van der Waals surface area contributed by atoms with Gasteiger partial charge in [0.1, 0.15) is 34.4 Å². The fourth-order valence-electron chi connectivity index (χ4n) is 10.1. The summed E-state index contributed by atoms with van der Waals surface area (Å²) in [6.07, 6.45) is 3.13. The zero-order valence-corrected chi connectivity index (χ0v) is 42.4. The van der Waals surface area contributed by atoms with Crippen LogP contribution in [0.1, 0.15) is 122 Å². The number of fused-ring (bicyclic) bond motifs is 2. The van der Waals surface area contributed by atoms with Crippen LogP contribution in [0.2, 0.25) is 12.6 Å². The first-order chi connectivity index (χ1) is 29.8. The van der Waals surface area contributed by atoms with Gasteiger partial charge in [0.2, 0.25) is 11.8 Å². The molecule has 6 atom stereocenters. The fraction of sp³-hybridized carbons (Fsp3) is 0.860. The van der Waals surface area contributed by atoms with Gasteiger partial charge >= 0.3 is 57.2 Å². The van der Waals surface area contributed by atoms with Gasteiger partial charge < -0.3 is 64.6 Å². The van der Waals surface area contributed by atoms with Gasteiger partial charge in [-0.05, 0) is 134 Å². The molecule has 0 bridgehead atoms. The molecule has 0 spiro atoms. The number of esters is 1. The molecule has 67 heavy (non-hydrogen) atoms. The predicted molar refractivity (Wildman–Crippen MR) is 242 cm³/mol. The van der Waals surface area contributed by atoms with Crippen LogP contribution in [0.15, 0.2) is 0 Å². The number of likely N-dealkylation sites (tertiary alicyclic amines) is 2. The molecule has 5 heterocycles. The zero-order valence-electron chi connectivity index (χ0n) is 42.4. The summed E-state index contributed by atoms with van der Waals surface area (Å²) in [6.45, 7) is 23.7. The maximum absolute atomic E-state index is 13.3. The molecule has 0 radical (unpaired) electrons. The number of hydrogen-bond acceptors (Lipinski definition) is 16. The van der Waals surface area contributed by atoms with Gasteiger partial charge in [-0.2, -0.15) is 0 Å². The van der Waals surface area contributed by atoms with Gasteiger partial charge in [-0.25, -0.2) is 14.4 Å². The third kappa shape index (κ3) is 13.4. The molecule has 5 fully saturated rings. The number of methoxy groups -OCH3 is 1. The van der Waals surface area contributed by atoms with Crippen molar-refractivity contribution in [2.45, 2.75) is 180 Å². The molecule has 0 aromatic heterocycles. The summed E-state index contributed by atoms with van der Waals surface area (Å²) in [7, 11) is -0.383. The second-order valence-corrected chi connectivity index (χ2v) is 21.6. The minimum Gasteiger partial charge on any atom is -0.870 e. The standard InChI is InChI=1S/C25H44BN3O7.C18H32BN3O7.Li.H2O/c1-17(28-20(32)34-21(2,3)4)18(30)29-15-24(12-14-27-25(24,16-29)19(31)33-9)11-10-13-26-35-22(5,6)23(7,8)36-26;1-12(21-15(26)29-16(2,3)4)13(23)22-10-17(6-5-8-19(27)28)7-9-20-18(17,11-22)14(24)25;;/h17,27H,10-16H2,1-9H3,(H,28,32);12,20,27-28H,5-11H2,1-4H3,(H,21,26)(H,24,25);;1H2/q;;+1;/p-1/t17-,24+,25+;12-,17+,18+;;/m00../s1. The van der Waals surface area contributed by atoms with Crippen molar-refractivity contribution in [3.63, 3.8) is 0 Å². The number of nitrogens with zero attached hydrogens (tertiary/aromatic N) is 2. The number of aliphatic carboxylic acids is 1. The Morgan fingerprint density at radius 1 is 0.731 bits per heavy atom. The maximum atomic E-state index is 13.3. The quantitative estimate of drug-likeness (QED) is 0.0633. The van der Waals surface area contributed by atoms with Crippen LogP contribution >= 0.6 is 0 Å². The van der Waals surface area contributed by atoms with Crippen LogP contribution in [-0.4, -0.2) is 173 Å². The van der Waals surface area contributed by atoms with Crippen LogP contribution in [0.4, 0.5) is 9.59 Å². The maximum Gasteiger partial charge on any atom is 1.00 e. The summed E-state index contributed by atoms with van der Waals surface area (Å²) in [5, 5.41) is 39.8. The van der Waals surface area contributed by atoms with Crippen LogP contribution in [0, 0.1) is 10.8 Å². The van der Waals surface area contributed by atoms with Crippen LogP contribution in [-0.2, 0) is 42.7 Å². The van der Waals surface area contributed by atoms with E-state index in [9.17, 15) is 33.9 Å². The Labute approximate surface area is 408 Å². The van der Waals surface area contributed by atoms with E-state index in [1.807, 2.05) is 27.7 Å². The van der Waals surface area contributed by atoms with E-state index in [1.165, 1.54) is 18.9 Å².